The molecule has 1 fully saturated rings. The first kappa shape index (κ1) is 11.9. The Morgan fingerprint density at radius 2 is 2.31 bits per heavy atom. The van der Waals surface area contributed by atoms with Crippen molar-refractivity contribution >= 4 is 11.6 Å². The standard InChI is InChI=1S/C12H15ClO3/c1-15-12-10(14)6-11(12)16-7-8-3-2-4-9(13)5-8/h2-5,10-12,14H,6-7H2,1H3. The molecule has 0 aliphatic heterocycles. The van der Waals surface area contributed by atoms with E-state index in [4.69, 9.17) is 21.1 Å². The van der Waals surface area contributed by atoms with Crippen molar-refractivity contribution in [2.45, 2.75) is 31.3 Å². The number of rotatable bonds is 4. The van der Waals surface area contributed by atoms with Gasteiger partial charge in [0, 0.05) is 18.6 Å². The summed E-state index contributed by atoms with van der Waals surface area (Å²) >= 11 is 5.87. The molecule has 1 aliphatic carbocycles. The van der Waals surface area contributed by atoms with Gasteiger partial charge in [-0.1, -0.05) is 23.7 Å². The maximum absolute atomic E-state index is 9.39. The van der Waals surface area contributed by atoms with Crippen LogP contribution in [-0.2, 0) is 16.1 Å². The molecule has 0 heterocycles. The van der Waals surface area contributed by atoms with Gasteiger partial charge in [-0.25, -0.2) is 0 Å². The Morgan fingerprint density at radius 3 is 2.94 bits per heavy atom. The highest BCUT2D eigenvalue weighted by molar-refractivity contribution is 6.30. The zero-order valence-electron chi connectivity index (χ0n) is 9.10. The lowest BCUT2D eigenvalue weighted by Crippen LogP contribution is -2.53. The summed E-state index contributed by atoms with van der Waals surface area (Å²) in [6.45, 7) is 0.498. The summed E-state index contributed by atoms with van der Waals surface area (Å²) in [5, 5.41) is 10.1. The first-order valence-corrected chi connectivity index (χ1v) is 5.65. The zero-order valence-corrected chi connectivity index (χ0v) is 9.85. The molecule has 0 spiro atoms. The van der Waals surface area contributed by atoms with Crippen LogP contribution in [-0.4, -0.2) is 30.5 Å². The SMILES string of the molecule is COC1C(O)CC1OCc1cccc(Cl)c1. The number of ether oxygens (including phenoxy) is 2. The van der Waals surface area contributed by atoms with Gasteiger partial charge >= 0.3 is 0 Å². The van der Waals surface area contributed by atoms with Crippen molar-refractivity contribution in [1.29, 1.82) is 0 Å². The number of aliphatic hydroxyl groups excluding tert-OH is 1. The fourth-order valence-corrected chi connectivity index (χ4v) is 2.07. The Balaban J connectivity index is 1.84. The summed E-state index contributed by atoms with van der Waals surface area (Å²) in [7, 11) is 1.59. The molecule has 0 bridgehead atoms. The molecule has 3 unspecified atom stereocenters. The Kier molecular flexibility index (Phi) is 3.82. The van der Waals surface area contributed by atoms with E-state index in [-0.39, 0.29) is 12.2 Å². The number of halogens is 1. The first-order chi connectivity index (χ1) is 7.70. The van der Waals surface area contributed by atoms with Gasteiger partial charge in [0.1, 0.15) is 6.10 Å². The maximum atomic E-state index is 9.39. The third-order valence-corrected chi connectivity index (χ3v) is 3.08. The molecule has 3 nitrogen and oxygen atoms in total. The van der Waals surface area contributed by atoms with Gasteiger partial charge in [0.25, 0.3) is 0 Å². The molecule has 2 rings (SSSR count). The molecule has 0 radical (unpaired) electrons. The molecule has 1 N–H and O–H groups in total. The Labute approximate surface area is 99.9 Å². The molecule has 1 aromatic rings. The minimum absolute atomic E-state index is 0.0148. The largest absolute Gasteiger partial charge is 0.390 e. The van der Waals surface area contributed by atoms with Crippen LogP contribution in [0.15, 0.2) is 24.3 Å². The van der Waals surface area contributed by atoms with Gasteiger partial charge in [-0.05, 0) is 17.7 Å². The third-order valence-electron chi connectivity index (χ3n) is 2.84. The highest BCUT2D eigenvalue weighted by Gasteiger charge is 2.41. The lowest BCUT2D eigenvalue weighted by Gasteiger charge is -2.39. The lowest BCUT2D eigenvalue weighted by molar-refractivity contribution is -0.185. The second kappa shape index (κ2) is 5.15. The maximum Gasteiger partial charge on any atom is 0.109 e. The monoisotopic (exact) mass is 242 g/mol. The van der Waals surface area contributed by atoms with E-state index in [0.29, 0.717) is 18.1 Å². The van der Waals surface area contributed by atoms with Crippen LogP contribution in [0.25, 0.3) is 0 Å². The molecule has 0 aromatic heterocycles. The number of hydrogen-bond acceptors (Lipinski definition) is 3. The van der Waals surface area contributed by atoms with Gasteiger partial charge in [-0.2, -0.15) is 0 Å². The minimum Gasteiger partial charge on any atom is -0.390 e. The number of hydrogen-bond donors (Lipinski definition) is 1. The Hall–Kier alpha value is -0.610. The highest BCUT2D eigenvalue weighted by Crippen LogP contribution is 2.27. The second-order valence-electron chi connectivity index (χ2n) is 3.98. The summed E-state index contributed by atoms with van der Waals surface area (Å²) in [5.41, 5.74) is 1.03. The quantitative estimate of drug-likeness (QED) is 0.878. The van der Waals surface area contributed by atoms with Crippen molar-refractivity contribution < 1.29 is 14.6 Å². The Bertz CT molecular complexity index is 356. The van der Waals surface area contributed by atoms with E-state index in [1.165, 1.54) is 0 Å². The van der Waals surface area contributed by atoms with E-state index < -0.39 is 6.10 Å². The molecule has 88 valence electrons. The fraction of sp³-hybridized carbons (Fsp3) is 0.500. The fourth-order valence-electron chi connectivity index (χ4n) is 1.86. The van der Waals surface area contributed by atoms with Gasteiger partial charge < -0.3 is 14.6 Å². The molecule has 1 aliphatic rings. The van der Waals surface area contributed by atoms with Crippen LogP contribution in [0.2, 0.25) is 5.02 Å². The average Bonchev–Trinajstić information content (AvgIpc) is 2.24. The van der Waals surface area contributed by atoms with E-state index in [0.717, 1.165) is 5.56 Å². The van der Waals surface area contributed by atoms with Gasteiger partial charge in [0.05, 0.1) is 18.8 Å². The summed E-state index contributed by atoms with van der Waals surface area (Å²) in [6, 6.07) is 7.56. The van der Waals surface area contributed by atoms with E-state index >= 15 is 0 Å². The van der Waals surface area contributed by atoms with Gasteiger partial charge in [-0.15, -0.1) is 0 Å². The van der Waals surface area contributed by atoms with Crippen molar-refractivity contribution in [1.82, 2.24) is 0 Å². The smallest absolute Gasteiger partial charge is 0.109 e. The Morgan fingerprint density at radius 1 is 1.50 bits per heavy atom. The van der Waals surface area contributed by atoms with E-state index in [1.54, 1.807) is 7.11 Å². The predicted molar refractivity (Wildman–Crippen MR) is 61.4 cm³/mol. The van der Waals surface area contributed by atoms with Crippen LogP contribution in [0.3, 0.4) is 0 Å². The predicted octanol–water partition coefficient (Wildman–Crippen LogP) is 2.00. The highest BCUT2D eigenvalue weighted by atomic mass is 35.5. The van der Waals surface area contributed by atoms with Gasteiger partial charge in [-0.3, -0.25) is 0 Å². The van der Waals surface area contributed by atoms with E-state index in [2.05, 4.69) is 0 Å². The normalized spacial score (nSPS) is 28.8. The van der Waals surface area contributed by atoms with Crippen molar-refractivity contribution in [3.8, 4) is 0 Å². The topological polar surface area (TPSA) is 38.7 Å². The van der Waals surface area contributed by atoms with Crippen LogP contribution in [0, 0.1) is 0 Å². The number of benzene rings is 1. The summed E-state index contributed by atoms with van der Waals surface area (Å²) < 4.78 is 10.8. The van der Waals surface area contributed by atoms with E-state index in [1.807, 2.05) is 24.3 Å². The second-order valence-corrected chi connectivity index (χ2v) is 4.42. The van der Waals surface area contributed by atoms with Crippen molar-refractivity contribution in [3.05, 3.63) is 34.9 Å². The number of methoxy groups -OCH3 is 1. The lowest BCUT2D eigenvalue weighted by atomic mass is 9.88. The third kappa shape index (κ3) is 2.55. The molecule has 1 aromatic carbocycles. The molecule has 16 heavy (non-hydrogen) atoms. The minimum atomic E-state index is -0.394. The van der Waals surface area contributed by atoms with Crippen molar-refractivity contribution in [2.24, 2.45) is 0 Å². The van der Waals surface area contributed by atoms with Crippen LogP contribution >= 0.6 is 11.6 Å². The average molecular weight is 243 g/mol. The van der Waals surface area contributed by atoms with Crippen molar-refractivity contribution in [3.63, 3.8) is 0 Å². The van der Waals surface area contributed by atoms with Crippen LogP contribution in [0.4, 0.5) is 0 Å². The molecular formula is C12H15ClO3. The van der Waals surface area contributed by atoms with E-state index in [9.17, 15) is 5.11 Å². The van der Waals surface area contributed by atoms with Gasteiger partial charge in [0.2, 0.25) is 0 Å². The first-order valence-electron chi connectivity index (χ1n) is 5.27. The van der Waals surface area contributed by atoms with Gasteiger partial charge in [0.15, 0.2) is 0 Å². The molecule has 4 heteroatoms. The van der Waals surface area contributed by atoms with Crippen molar-refractivity contribution in [2.75, 3.05) is 7.11 Å². The van der Waals surface area contributed by atoms with Crippen LogP contribution in [0.1, 0.15) is 12.0 Å². The molecule has 0 saturated heterocycles. The van der Waals surface area contributed by atoms with Crippen LogP contribution < -0.4 is 0 Å². The zero-order chi connectivity index (χ0) is 11.5. The summed E-state index contributed by atoms with van der Waals surface area (Å²) in [4.78, 5) is 0. The summed E-state index contributed by atoms with van der Waals surface area (Å²) in [5.74, 6) is 0. The molecule has 0 amide bonds. The number of aliphatic hydroxyl groups is 1. The molecule has 3 atom stereocenters. The molecule has 1 saturated carbocycles. The summed E-state index contributed by atoms with van der Waals surface area (Å²) in [6.07, 6.45) is 0.0338. The molecular weight excluding hydrogens is 228 g/mol. The van der Waals surface area contributed by atoms with Crippen LogP contribution in [0.5, 0.6) is 0 Å².